The Morgan fingerprint density at radius 1 is 1.12 bits per heavy atom. The second-order valence-corrected chi connectivity index (χ2v) is 15.9. The molecule has 1 heterocycles. The van der Waals surface area contributed by atoms with E-state index in [0.29, 0.717) is 45.8 Å². The zero-order valence-corrected chi connectivity index (χ0v) is 27.8. The second-order valence-electron chi connectivity index (χ2n) is 11.6. The number of allylic oxidation sites excluding steroid dienone is 2. The zero-order valence-electron chi connectivity index (χ0n) is 24.7. The summed E-state index contributed by atoms with van der Waals surface area (Å²) >= 11 is 17.5. The molecule has 10 heteroatoms. The maximum absolute atomic E-state index is 14.1. The smallest absolute Gasteiger partial charge is 0.408 e. The van der Waals surface area contributed by atoms with Gasteiger partial charge in [-0.2, -0.15) is 0 Å². The number of amides is 1. The third-order valence-electron chi connectivity index (χ3n) is 8.16. The fourth-order valence-electron chi connectivity index (χ4n) is 6.22. The van der Waals surface area contributed by atoms with Gasteiger partial charge in [-0.15, -0.1) is 6.58 Å². The number of aromatic nitrogens is 1. The number of rotatable bonds is 10. The minimum atomic E-state index is -4.00. The first-order valence-corrected chi connectivity index (χ1v) is 17.1. The molecule has 0 unspecified atom stereocenters. The number of hydrogen-bond acceptors (Lipinski definition) is 4. The molecule has 0 saturated heterocycles. The van der Waals surface area contributed by atoms with E-state index in [1.54, 1.807) is 48.5 Å². The molecule has 3 aromatic rings. The fourth-order valence-corrected chi connectivity index (χ4v) is 7.98. The van der Waals surface area contributed by atoms with Crippen LogP contribution in [0.25, 0.3) is 10.9 Å². The number of carbonyl (C=O) groups is 1. The number of alkyl halides is 3. The van der Waals surface area contributed by atoms with E-state index >= 15 is 0 Å². The largest absolute Gasteiger partial charge is 0.445 e. The summed E-state index contributed by atoms with van der Waals surface area (Å²) in [7, 11) is -4.00. The molecule has 43 heavy (non-hydrogen) atoms. The van der Waals surface area contributed by atoms with E-state index in [1.165, 1.54) is 10.4 Å². The van der Waals surface area contributed by atoms with Gasteiger partial charge >= 0.3 is 6.09 Å². The van der Waals surface area contributed by atoms with Gasteiger partial charge in [-0.25, -0.2) is 17.2 Å². The van der Waals surface area contributed by atoms with Crippen molar-refractivity contribution in [2.75, 3.05) is 6.61 Å². The summed E-state index contributed by atoms with van der Waals surface area (Å²) in [6.07, 6.45) is 8.60. The quantitative estimate of drug-likeness (QED) is 0.173. The van der Waals surface area contributed by atoms with Gasteiger partial charge in [0.15, 0.2) is 0 Å². The van der Waals surface area contributed by atoms with Crippen LogP contribution in [0, 0.1) is 23.7 Å². The lowest BCUT2D eigenvalue weighted by Crippen LogP contribution is -2.32. The minimum absolute atomic E-state index is 0.158. The number of alkyl carbamates (subject to hydrolysis) is 1. The number of nitrogens with zero attached hydrogens (tertiary/aromatic N) is 1. The first-order chi connectivity index (χ1) is 20.3. The van der Waals surface area contributed by atoms with Crippen molar-refractivity contribution in [2.45, 2.75) is 61.2 Å². The van der Waals surface area contributed by atoms with Crippen LogP contribution in [0.5, 0.6) is 0 Å². The topological polar surface area (TPSA) is 77.4 Å². The van der Waals surface area contributed by atoms with E-state index < -0.39 is 32.6 Å². The summed E-state index contributed by atoms with van der Waals surface area (Å²) in [6, 6.07) is 14.8. The molecule has 0 spiro atoms. The summed E-state index contributed by atoms with van der Waals surface area (Å²) in [6.45, 7) is 10.2. The number of carbonyl (C=O) groups excluding carboxylic acids is 1. The predicted molar refractivity (Wildman–Crippen MR) is 176 cm³/mol. The molecule has 6 nitrogen and oxygen atoms in total. The third-order valence-corrected chi connectivity index (χ3v) is 10.3. The Kier molecular flexibility index (Phi) is 11.0. The summed E-state index contributed by atoms with van der Waals surface area (Å²) in [4.78, 5) is 13.2. The highest BCUT2D eigenvalue weighted by molar-refractivity contribution is 7.90. The molecule has 2 aromatic carbocycles. The van der Waals surface area contributed by atoms with Crippen molar-refractivity contribution in [2.24, 2.45) is 23.7 Å². The van der Waals surface area contributed by atoms with Crippen molar-refractivity contribution < 1.29 is 17.9 Å². The van der Waals surface area contributed by atoms with Crippen LogP contribution in [0.2, 0.25) is 0 Å². The first-order valence-electron chi connectivity index (χ1n) is 14.6. The molecule has 4 atom stereocenters. The lowest BCUT2D eigenvalue weighted by Gasteiger charge is -2.36. The van der Waals surface area contributed by atoms with Gasteiger partial charge < -0.3 is 10.1 Å². The Bertz CT molecular complexity index is 1560. The van der Waals surface area contributed by atoms with Gasteiger partial charge in [0.05, 0.1) is 16.5 Å². The highest BCUT2D eigenvalue weighted by Gasteiger charge is 2.32. The molecule has 1 aromatic heterocycles. The molecule has 232 valence electrons. The van der Waals surface area contributed by atoms with Gasteiger partial charge in [0.1, 0.15) is 6.61 Å². The van der Waals surface area contributed by atoms with Crippen molar-refractivity contribution in [3.05, 3.63) is 90.7 Å². The molecule has 0 radical (unpaired) electrons. The average Bonchev–Trinajstić information content (AvgIpc) is 3.28. The van der Waals surface area contributed by atoms with Gasteiger partial charge in [-0.3, -0.25) is 0 Å². The van der Waals surface area contributed by atoms with Crippen molar-refractivity contribution in [3.8, 4) is 0 Å². The van der Waals surface area contributed by atoms with Crippen molar-refractivity contribution in [3.63, 3.8) is 0 Å². The Morgan fingerprint density at radius 3 is 2.44 bits per heavy atom. The summed E-state index contributed by atoms with van der Waals surface area (Å²) < 4.78 is 33.1. The summed E-state index contributed by atoms with van der Waals surface area (Å²) in [5, 5.41) is 3.62. The van der Waals surface area contributed by atoms with E-state index in [0.717, 1.165) is 12.8 Å². The number of para-hydroxylation sites is 1. The lowest BCUT2D eigenvalue weighted by atomic mass is 9.70. The molecular weight excluding hydrogens is 627 g/mol. The maximum Gasteiger partial charge on any atom is 0.408 e. The van der Waals surface area contributed by atoms with Crippen LogP contribution < -0.4 is 5.32 Å². The molecule has 0 bridgehead atoms. The number of nitrogens with one attached hydrogen (secondary N) is 1. The number of hydrogen-bond donors (Lipinski definition) is 1. The lowest BCUT2D eigenvalue weighted by molar-refractivity contribution is 0.146. The normalized spacial score (nSPS) is 20.4. The fraction of sp³-hybridized carbons (Fsp3) is 0.424. The second kappa shape index (κ2) is 14.1. The first kappa shape index (κ1) is 33.4. The summed E-state index contributed by atoms with van der Waals surface area (Å²) in [5.41, 5.74) is 1.63. The maximum atomic E-state index is 14.1. The molecule has 0 aliphatic heterocycles. The Balaban J connectivity index is 1.90. The molecule has 1 saturated carbocycles. The van der Waals surface area contributed by atoms with E-state index in [2.05, 4.69) is 38.7 Å². The van der Waals surface area contributed by atoms with Gasteiger partial charge in [0.25, 0.3) is 10.0 Å². The highest BCUT2D eigenvalue weighted by Crippen LogP contribution is 2.40. The monoisotopic (exact) mass is 664 g/mol. The van der Waals surface area contributed by atoms with Gasteiger partial charge in [0.2, 0.25) is 3.79 Å². The molecule has 1 aliphatic carbocycles. The van der Waals surface area contributed by atoms with Crippen molar-refractivity contribution in [1.82, 2.24) is 9.29 Å². The number of benzene rings is 2. The van der Waals surface area contributed by atoms with Gasteiger partial charge in [0, 0.05) is 23.1 Å². The SMILES string of the molecule is C=CCc1c([C@H](/C=C/[C@@H]2C[C@H](C)CC[C@H]2C(C)C)NC(=O)OCC(Cl)(Cl)Cl)c2ccccc2n1S(=O)(=O)c1ccccc1. The summed E-state index contributed by atoms with van der Waals surface area (Å²) in [5.74, 6) is 1.88. The third kappa shape index (κ3) is 7.99. The van der Waals surface area contributed by atoms with Crippen LogP contribution >= 0.6 is 34.8 Å². The highest BCUT2D eigenvalue weighted by atomic mass is 35.6. The zero-order chi connectivity index (χ0) is 31.4. The van der Waals surface area contributed by atoms with E-state index in [-0.39, 0.29) is 11.3 Å². The molecule has 1 fully saturated rings. The number of fused-ring (bicyclic) bond motifs is 1. The van der Waals surface area contributed by atoms with Crippen LogP contribution in [0.15, 0.2) is 84.3 Å². The van der Waals surface area contributed by atoms with Crippen LogP contribution in [0.3, 0.4) is 0 Å². The van der Waals surface area contributed by atoms with E-state index in [4.69, 9.17) is 39.5 Å². The Labute approximate surface area is 270 Å². The van der Waals surface area contributed by atoms with Crippen molar-refractivity contribution >= 4 is 61.8 Å². The average molecular weight is 666 g/mol. The predicted octanol–water partition coefficient (Wildman–Crippen LogP) is 9.01. The number of ether oxygens (including phenoxy) is 1. The number of halogens is 3. The van der Waals surface area contributed by atoms with E-state index in [1.807, 2.05) is 18.2 Å². The van der Waals surface area contributed by atoms with E-state index in [9.17, 15) is 13.2 Å². The Morgan fingerprint density at radius 2 is 1.79 bits per heavy atom. The minimum Gasteiger partial charge on any atom is -0.445 e. The van der Waals surface area contributed by atoms with Gasteiger partial charge in [-0.05, 0) is 54.7 Å². The molecule has 1 aliphatic rings. The molecule has 1 amide bonds. The molecular formula is C33H39Cl3N2O4S. The van der Waals surface area contributed by atoms with Crippen LogP contribution in [-0.4, -0.2) is 28.9 Å². The van der Waals surface area contributed by atoms with Crippen LogP contribution in [0.4, 0.5) is 4.79 Å². The standard InChI is InChI=1S/C33H39Cl3N2O4S/c1-5-11-30-31(27-14-9-10-15-29(27)38(30)43(40,41)25-12-7-6-8-13-25)28(37-32(39)42-21-33(34,35)36)19-17-24-20-23(4)16-18-26(24)22(2)3/h5-10,12-15,17,19,22-24,26,28H,1,11,16,18,20-21H2,2-4H3,(H,37,39)/b19-17+/t23-,24-,26+,28+/m1/s1. The Hall–Kier alpha value is -2.45. The molecule has 4 rings (SSSR count). The van der Waals surface area contributed by atoms with Crippen LogP contribution in [-0.2, 0) is 21.2 Å². The van der Waals surface area contributed by atoms with Crippen molar-refractivity contribution in [1.29, 1.82) is 0 Å². The van der Waals surface area contributed by atoms with Crippen LogP contribution in [0.1, 0.15) is 57.3 Å². The van der Waals surface area contributed by atoms with Gasteiger partial charge in [-0.1, -0.05) is 117 Å². The molecule has 1 N–H and O–H groups in total.